The standard InChI is InChI=1S/C15H23NOS/c1-2-3-4-5-6-11-17-12-13-7-9-14(10-8-13)15(16)18/h7-10H,2-6,11-12H2,1H3,(H2,16,18). The van der Waals surface area contributed by atoms with Crippen LogP contribution in [0.2, 0.25) is 0 Å². The minimum absolute atomic E-state index is 0.443. The average molecular weight is 265 g/mol. The Balaban J connectivity index is 2.14. The van der Waals surface area contributed by atoms with E-state index < -0.39 is 0 Å². The molecule has 0 aliphatic carbocycles. The fraction of sp³-hybridized carbons (Fsp3) is 0.533. The molecule has 0 spiro atoms. The van der Waals surface area contributed by atoms with Crippen LogP contribution in [0, 0.1) is 0 Å². The zero-order valence-corrected chi connectivity index (χ0v) is 12.0. The van der Waals surface area contributed by atoms with E-state index in [1.54, 1.807) is 0 Å². The molecule has 18 heavy (non-hydrogen) atoms. The van der Waals surface area contributed by atoms with Gasteiger partial charge >= 0.3 is 0 Å². The third-order valence-electron chi connectivity index (χ3n) is 2.90. The van der Waals surface area contributed by atoms with Gasteiger partial charge in [0, 0.05) is 12.2 Å². The van der Waals surface area contributed by atoms with Gasteiger partial charge in [-0.05, 0) is 12.0 Å². The number of benzene rings is 1. The molecule has 1 rings (SSSR count). The van der Waals surface area contributed by atoms with Crippen molar-refractivity contribution in [2.45, 2.75) is 45.6 Å². The zero-order chi connectivity index (χ0) is 13.2. The number of hydrogen-bond donors (Lipinski definition) is 1. The van der Waals surface area contributed by atoms with Crippen LogP contribution >= 0.6 is 12.2 Å². The highest BCUT2D eigenvalue weighted by molar-refractivity contribution is 7.80. The van der Waals surface area contributed by atoms with E-state index in [0.717, 1.165) is 18.6 Å². The number of ether oxygens (including phenoxy) is 1. The van der Waals surface area contributed by atoms with Gasteiger partial charge in [0.05, 0.1) is 6.61 Å². The molecular weight excluding hydrogens is 242 g/mol. The molecule has 0 bridgehead atoms. The van der Waals surface area contributed by atoms with Crippen LogP contribution in [0.3, 0.4) is 0 Å². The smallest absolute Gasteiger partial charge is 0.103 e. The maximum absolute atomic E-state index is 5.64. The number of thiocarbonyl (C=S) groups is 1. The molecule has 0 unspecified atom stereocenters. The van der Waals surface area contributed by atoms with Gasteiger partial charge in [-0.1, -0.05) is 69.1 Å². The van der Waals surface area contributed by atoms with E-state index in [2.05, 4.69) is 6.92 Å². The maximum atomic E-state index is 5.64. The lowest BCUT2D eigenvalue weighted by Crippen LogP contribution is -2.09. The quantitative estimate of drug-likeness (QED) is 0.545. The Labute approximate surface area is 116 Å². The van der Waals surface area contributed by atoms with Crippen LogP contribution in [0.15, 0.2) is 24.3 Å². The van der Waals surface area contributed by atoms with Crippen LogP contribution in [0.5, 0.6) is 0 Å². The van der Waals surface area contributed by atoms with Crippen molar-refractivity contribution in [3.8, 4) is 0 Å². The van der Waals surface area contributed by atoms with Crippen LogP contribution in [0.4, 0.5) is 0 Å². The van der Waals surface area contributed by atoms with Gasteiger partial charge in [-0.2, -0.15) is 0 Å². The lowest BCUT2D eigenvalue weighted by molar-refractivity contribution is 0.116. The molecule has 2 nitrogen and oxygen atoms in total. The van der Waals surface area contributed by atoms with E-state index in [1.807, 2.05) is 24.3 Å². The summed E-state index contributed by atoms with van der Waals surface area (Å²) in [5.41, 5.74) is 7.62. The first-order chi connectivity index (χ1) is 8.74. The van der Waals surface area contributed by atoms with E-state index in [4.69, 9.17) is 22.7 Å². The predicted molar refractivity (Wildman–Crippen MR) is 80.7 cm³/mol. The number of nitrogens with two attached hydrogens (primary N) is 1. The van der Waals surface area contributed by atoms with Crippen LogP contribution < -0.4 is 5.73 Å². The molecule has 0 fully saturated rings. The Bertz CT molecular complexity index is 348. The molecule has 3 heteroatoms. The Morgan fingerprint density at radius 3 is 2.39 bits per heavy atom. The Morgan fingerprint density at radius 2 is 1.78 bits per heavy atom. The summed E-state index contributed by atoms with van der Waals surface area (Å²) in [7, 11) is 0. The van der Waals surface area contributed by atoms with Crippen molar-refractivity contribution >= 4 is 17.2 Å². The molecular formula is C15H23NOS. The Hall–Kier alpha value is -0.930. The van der Waals surface area contributed by atoms with E-state index in [-0.39, 0.29) is 0 Å². The van der Waals surface area contributed by atoms with Gasteiger partial charge in [-0.15, -0.1) is 0 Å². The average Bonchev–Trinajstić information content (AvgIpc) is 2.38. The minimum atomic E-state index is 0.443. The molecule has 100 valence electrons. The zero-order valence-electron chi connectivity index (χ0n) is 11.2. The van der Waals surface area contributed by atoms with Crippen molar-refractivity contribution in [1.82, 2.24) is 0 Å². The summed E-state index contributed by atoms with van der Waals surface area (Å²) in [6.45, 7) is 3.75. The molecule has 0 atom stereocenters. The fourth-order valence-electron chi connectivity index (χ4n) is 1.76. The third-order valence-corrected chi connectivity index (χ3v) is 3.14. The molecule has 0 aromatic heterocycles. The Kier molecular flexibility index (Phi) is 7.62. The van der Waals surface area contributed by atoms with Gasteiger partial charge in [0.1, 0.15) is 4.99 Å². The van der Waals surface area contributed by atoms with Gasteiger partial charge in [-0.3, -0.25) is 0 Å². The van der Waals surface area contributed by atoms with Crippen LogP contribution in [-0.2, 0) is 11.3 Å². The fourth-order valence-corrected chi connectivity index (χ4v) is 1.90. The van der Waals surface area contributed by atoms with Crippen molar-refractivity contribution in [3.05, 3.63) is 35.4 Å². The molecule has 0 radical (unpaired) electrons. The largest absolute Gasteiger partial charge is 0.389 e. The van der Waals surface area contributed by atoms with Gasteiger partial charge in [-0.25, -0.2) is 0 Å². The van der Waals surface area contributed by atoms with E-state index in [1.165, 1.54) is 31.2 Å². The van der Waals surface area contributed by atoms with Gasteiger partial charge < -0.3 is 10.5 Å². The van der Waals surface area contributed by atoms with Crippen LogP contribution in [0.1, 0.15) is 50.2 Å². The maximum Gasteiger partial charge on any atom is 0.103 e. The molecule has 0 aliphatic rings. The Morgan fingerprint density at radius 1 is 1.11 bits per heavy atom. The molecule has 0 heterocycles. The van der Waals surface area contributed by atoms with Gasteiger partial charge in [0.2, 0.25) is 0 Å². The lowest BCUT2D eigenvalue weighted by Gasteiger charge is -2.05. The second kappa shape index (κ2) is 9.06. The number of unbranched alkanes of at least 4 members (excludes halogenated alkanes) is 4. The molecule has 0 aliphatic heterocycles. The SMILES string of the molecule is CCCCCCCOCc1ccc(C(N)=S)cc1. The van der Waals surface area contributed by atoms with E-state index in [0.29, 0.717) is 11.6 Å². The summed E-state index contributed by atoms with van der Waals surface area (Å²) in [6, 6.07) is 7.93. The second-order valence-corrected chi connectivity index (χ2v) is 4.97. The summed E-state index contributed by atoms with van der Waals surface area (Å²) in [5, 5.41) is 0. The molecule has 1 aromatic carbocycles. The van der Waals surface area contributed by atoms with Crippen molar-refractivity contribution < 1.29 is 4.74 Å². The molecule has 0 saturated heterocycles. The minimum Gasteiger partial charge on any atom is -0.389 e. The van der Waals surface area contributed by atoms with E-state index >= 15 is 0 Å². The summed E-state index contributed by atoms with van der Waals surface area (Å²) in [5.74, 6) is 0. The second-order valence-electron chi connectivity index (χ2n) is 4.53. The first-order valence-corrected chi connectivity index (χ1v) is 7.11. The third kappa shape index (κ3) is 6.12. The molecule has 2 N–H and O–H groups in total. The summed E-state index contributed by atoms with van der Waals surface area (Å²) >= 11 is 4.91. The van der Waals surface area contributed by atoms with Gasteiger partial charge in [0.25, 0.3) is 0 Å². The molecule has 0 saturated carbocycles. The predicted octanol–water partition coefficient (Wildman–Crippen LogP) is 3.81. The monoisotopic (exact) mass is 265 g/mol. The number of rotatable bonds is 9. The lowest BCUT2D eigenvalue weighted by atomic mass is 10.1. The molecule has 0 amide bonds. The van der Waals surface area contributed by atoms with Crippen molar-refractivity contribution in [2.24, 2.45) is 5.73 Å². The van der Waals surface area contributed by atoms with Crippen LogP contribution in [0.25, 0.3) is 0 Å². The van der Waals surface area contributed by atoms with Crippen molar-refractivity contribution in [2.75, 3.05) is 6.61 Å². The highest BCUT2D eigenvalue weighted by Crippen LogP contribution is 2.07. The van der Waals surface area contributed by atoms with Gasteiger partial charge in [0.15, 0.2) is 0 Å². The summed E-state index contributed by atoms with van der Waals surface area (Å²) in [4.78, 5) is 0.443. The normalized spacial score (nSPS) is 10.5. The topological polar surface area (TPSA) is 35.2 Å². The highest BCUT2D eigenvalue weighted by atomic mass is 32.1. The first kappa shape index (κ1) is 15.1. The van der Waals surface area contributed by atoms with Crippen molar-refractivity contribution in [3.63, 3.8) is 0 Å². The number of hydrogen-bond acceptors (Lipinski definition) is 2. The molecule has 1 aromatic rings. The van der Waals surface area contributed by atoms with E-state index in [9.17, 15) is 0 Å². The first-order valence-electron chi connectivity index (χ1n) is 6.70. The highest BCUT2D eigenvalue weighted by Gasteiger charge is 1.97. The van der Waals surface area contributed by atoms with Crippen LogP contribution in [-0.4, -0.2) is 11.6 Å². The van der Waals surface area contributed by atoms with Crippen molar-refractivity contribution in [1.29, 1.82) is 0 Å². The summed E-state index contributed by atoms with van der Waals surface area (Å²) in [6.07, 6.45) is 6.37. The summed E-state index contributed by atoms with van der Waals surface area (Å²) < 4.78 is 5.64.